The first kappa shape index (κ1) is 22.5. The molecular formula is C26H38O2. The fourth-order valence-corrected chi connectivity index (χ4v) is 3.19. The third-order valence-electron chi connectivity index (χ3n) is 5.40. The highest BCUT2D eigenvalue weighted by Gasteiger charge is 2.12. The van der Waals surface area contributed by atoms with Crippen molar-refractivity contribution in [2.24, 2.45) is 0 Å². The summed E-state index contributed by atoms with van der Waals surface area (Å²) in [5.74, 6) is 1.46. The van der Waals surface area contributed by atoms with E-state index >= 15 is 0 Å². The number of ether oxygens (including phenoxy) is 2. The van der Waals surface area contributed by atoms with Crippen LogP contribution in [0.1, 0.15) is 83.4 Å². The van der Waals surface area contributed by atoms with Crippen molar-refractivity contribution >= 4 is 0 Å². The number of benzene rings is 2. The number of aryl methyl sites for hydroxylation is 1. The maximum absolute atomic E-state index is 5.87. The molecule has 0 saturated carbocycles. The smallest absolute Gasteiger partial charge is 0.196 e. The highest BCUT2D eigenvalue weighted by molar-refractivity contribution is 5.29. The van der Waals surface area contributed by atoms with Crippen LogP contribution in [0, 0.1) is 0 Å². The van der Waals surface area contributed by atoms with Crippen LogP contribution in [0.3, 0.4) is 0 Å². The van der Waals surface area contributed by atoms with Crippen molar-refractivity contribution < 1.29 is 9.47 Å². The summed E-state index contributed by atoms with van der Waals surface area (Å²) in [7, 11) is 0. The van der Waals surface area contributed by atoms with Crippen molar-refractivity contribution in [2.75, 3.05) is 6.61 Å². The van der Waals surface area contributed by atoms with Gasteiger partial charge in [0.15, 0.2) is 6.29 Å². The molecule has 2 rings (SSSR count). The zero-order valence-electron chi connectivity index (χ0n) is 18.6. The van der Waals surface area contributed by atoms with Crippen molar-refractivity contribution in [1.82, 2.24) is 0 Å². The van der Waals surface area contributed by atoms with Gasteiger partial charge in [0.2, 0.25) is 0 Å². The molecule has 28 heavy (non-hydrogen) atoms. The highest BCUT2D eigenvalue weighted by atomic mass is 16.7. The van der Waals surface area contributed by atoms with Gasteiger partial charge < -0.3 is 9.47 Å². The van der Waals surface area contributed by atoms with Gasteiger partial charge in [0.1, 0.15) is 5.75 Å². The molecule has 2 nitrogen and oxygen atoms in total. The van der Waals surface area contributed by atoms with Crippen LogP contribution in [-0.2, 0) is 16.6 Å². The van der Waals surface area contributed by atoms with Crippen LogP contribution < -0.4 is 4.74 Å². The summed E-state index contributed by atoms with van der Waals surface area (Å²) in [4.78, 5) is 0. The maximum atomic E-state index is 5.87. The molecule has 0 aliphatic heterocycles. The Hall–Kier alpha value is -1.80. The number of unbranched alkanes of at least 4 members (excludes halogenated alkanes) is 1. The van der Waals surface area contributed by atoms with Crippen molar-refractivity contribution in [3.63, 3.8) is 0 Å². The summed E-state index contributed by atoms with van der Waals surface area (Å²) in [6.45, 7) is 13.9. The fourth-order valence-electron chi connectivity index (χ4n) is 3.19. The lowest BCUT2D eigenvalue weighted by molar-refractivity contribution is -0.0675. The van der Waals surface area contributed by atoms with Gasteiger partial charge in [0, 0.05) is 0 Å². The Morgan fingerprint density at radius 3 is 2.07 bits per heavy atom. The van der Waals surface area contributed by atoms with Gasteiger partial charge in [0.25, 0.3) is 0 Å². The molecule has 2 unspecified atom stereocenters. The van der Waals surface area contributed by atoms with Gasteiger partial charge in [-0.15, -0.1) is 0 Å². The predicted molar refractivity (Wildman–Crippen MR) is 119 cm³/mol. The summed E-state index contributed by atoms with van der Waals surface area (Å²) in [6.07, 6.45) is 4.20. The Balaban J connectivity index is 1.65. The zero-order valence-corrected chi connectivity index (χ0v) is 18.6. The normalized spacial score (nSPS) is 13.9. The van der Waals surface area contributed by atoms with E-state index < -0.39 is 0 Å². The van der Waals surface area contributed by atoms with Gasteiger partial charge in [-0.25, -0.2) is 0 Å². The van der Waals surface area contributed by atoms with Crippen LogP contribution in [0.4, 0.5) is 0 Å². The van der Waals surface area contributed by atoms with Gasteiger partial charge in [-0.3, -0.25) is 0 Å². The molecule has 154 valence electrons. The van der Waals surface area contributed by atoms with E-state index in [-0.39, 0.29) is 11.7 Å². The van der Waals surface area contributed by atoms with Gasteiger partial charge >= 0.3 is 0 Å². The third kappa shape index (κ3) is 7.31. The summed E-state index contributed by atoms with van der Waals surface area (Å²) >= 11 is 0. The fraction of sp³-hybridized carbons (Fsp3) is 0.538. The van der Waals surface area contributed by atoms with E-state index in [4.69, 9.17) is 9.47 Å². The van der Waals surface area contributed by atoms with Gasteiger partial charge in [-0.05, 0) is 72.8 Å². The molecule has 2 aromatic rings. The molecule has 0 bridgehead atoms. The third-order valence-corrected chi connectivity index (χ3v) is 5.40. The Morgan fingerprint density at radius 2 is 1.50 bits per heavy atom. The van der Waals surface area contributed by atoms with E-state index in [0.717, 1.165) is 38.0 Å². The Morgan fingerprint density at radius 1 is 0.857 bits per heavy atom. The van der Waals surface area contributed by atoms with E-state index in [1.165, 1.54) is 16.7 Å². The summed E-state index contributed by atoms with van der Waals surface area (Å²) in [6, 6.07) is 17.4. The second-order valence-electron chi connectivity index (χ2n) is 8.84. The molecule has 2 aromatic carbocycles. The number of hydrogen-bond acceptors (Lipinski definition) is 2. The van der Waals surface area contributed by atoms with Crippen LogP contribution in [0.2, 0.25) is 0 Å². The van der Waals surface area contributed by atoms with Crippen molar-refractivity contribution in [1.29, 1.82) is 0 Å². The van der Waals surface area contributed by atoms with E-state index in [1.54, 1.807) is 0 Å². The molecule has 0 N–H and O–H groups in total. The maximum Gasteiger partial charge on any atom is 0.196 e. The van der Waals surface area contributed by atoms with Gasteiger partial charge in [-0.2, -0.15) is 0 Å². The Labute approximate surface area is 172 Å². The molecule has 2 atom stereocenters. The first-order chi connectivity index (χ1) is 13.3. The number of hydrogen-bond donors (Lipinski definition) is 0. The molecule has 0 aliphatic carbocycles. The van der Waals surface area contributed by atoms with Crippen LogP contribution in [0.25, 0.3) is 0 Å². The lowest BCUT2D eigenvalue weighted by Crippen LogP contribution is -2.17. The standard InChI is InChI=1S/C26H38O2/c1-7-20(2)23-13-17-25(18-14-23)28-21(3)27-19-9-8-10-22-11-15-24(16-12-22)26(4,5)6/h11-18,20-21H,7-10,19H2,1-6H3. The van der Waals surface area contributed by atoms with Gasteiger partial charge in [-0.1, -0.05) is 71.0 Å². The molecule has 0 amide bonds. The minimum atomic E-state index is -0.222. The predicted octanol–water partition coefficient (Wildman–Crippen LogP) is 7.26. The van der Waals surface area contributed by atoms with Crippen molar-refractivity contribution in [3.05, 3.63) is 65.2 Å². The van der Waals surface area contributed by atoms with E-state index in [1.807, 2.05) is 19.1 Å². The average molecular weight is 383 g/mol. The molecule has 0 fully saturated rings. The topological polar surface area (TPSA) is 18.5 Å². The second kappa shape index (κ2) is 10.7. The number of rotatable bonds is 10. The summed E-state index contributed by atoms with van der Waals surface area (Å²) in [5, 5.41) is 0. The SMILES string of the molecule is CCC(C)c1ccc(OC(C)OCCCCc2ccc(C(C)(C)C)cc2)cc1. The molecule has 0 aliphatic rings. The molecule has 0 aromatic heterocycles. The largest absolute Gasteiger partial charge is 0.465 e. The van der Waals surface area contributed by atoms with E-state index in [0.29, 0.717) is 5.92 Å². The molecule has 0 saturated heterocycles. The van der Waals surface area contributed by atoms with Crippen LogP contribution >= 0.6 is 0 Å². The molecular weight excluding hydrogens is 344 g/mol. The lowest BCUT2D eigenvalue weighted by atomic mass is 9.86. The average Bonchev–Trinajstić information content (AvgIpc) is 2.67. The van der Waals surface area contributed by atoms with Crippen molar-refractivity contribution in [3.8, 4) is 5.75 Å². The molecule has 2 heteroatoms. The molecule has 0 spiro atoms. The van der Waals surface area contributed by atoms with Gasteiger partial charge in [0.05, 0.1) is 6.61 Å². The summed E-state index contributed by atoms with van der Waals surface area (Å²) in [5.41, 5.74) is 4.37. The minimum absolute atomic E-state index is 0.219. The second-order valence-corrected chi connectivity index (χ2v) is 8.84. The van der Waals surface area contributed by atoms with Crippen molar-refractivity contribution in [2.45, 2.75) is 84.8 Å². The quantitative estimate of drug-likeness (QED) is 0.318. The van der Waals surface area contributed by atoms with Crippen LogP contribution in [0.15, 0.2) is 48.5 Å². The Kier molecular flexibility index (Phi) is 8.57. The van der Waals surface area contributed by atoms with Crippen LogP contribution in [-0.4, -0.2) is 12.9 Å². The van der Waals surface area contributed by atoms with Crippen LogP contribution in [0.5, 0.6) is 5.75 Å². The Bertz CT molecular complexity index is 680. The highest BCUT2D eigenvalue weighted by Crippen LogP contribution is 2.23. The minimum Gasteiger partial charge on any atom is -0.465 e. The molecule has 0 heterocycles. The monoisotopic (exact) mass is 382 g/mol. The summed E-state index contributed by atoms with van der Waals surface area (Å²) < 4.78 is 11.7. The van der Waals surface area contributed by atoms with E-state index in [2.05, 4.69) is 71.0 Å². The first-order valence-electron chi connectivity index (χ1n) is 10.8. The van der Waals surface area contributed by atoms with E-state index in [9.17, 15) is 0 Å². The zero-order chi connectivity index (χ0) is 20.6. The molecule has 0 radical (unpaired) electrons. The lowest BCUT2D eigenvalue weighted by Gasteiger charge is -2.19. The first-order valence-corrected chi connectivity index (χ1v) is 10.8.